The lowest BCUT2D eigenvalue weighted by atomic mass is 9.94. The third-order valence-electron chi connectivity index (χ3n) is 4.64. The average Bonchev–Trinajstić information content (AvgIpc) is 2.53. The van der Waals surface area contributed by atoms with E-state index in [0.29, 0.717) is 12.5 Å². The molecule has 0 aromatic carbocycles. The van der Waals surface area contributed by atoms with Crippen LogP contribution < -0.4 is 10.6 Å². The molecule has 0 bridgehead atoms. The first-order chi connectivity index (χ1) is 10.3. The van der Waals surface area contributed by atoms with Crippen LogP contribution in [0.15, 0.2) is 0 Å². The van der Waals surface area contributed by atoms with Crippen LogP contribution >= 0.6 is 11.8 Å². The normalized spacial score (nSPS) is 24.2. The highest BCUT2D eigenvalue weighted by atomic mass is 32.2. The minimum atomic E-state index is 0.204. The summed E-state index contributed by atoms with van der Waals surface area (Å²) in [4.78, 5) is 14.4. The Bertz CT molecular complexity index is 302. The first-order valence-corrected chi connectivity index (χ1v) is 9.69. The molecule has 1 aliphatic heterocycles. The zero-order valence-electron chi connectivity index (χ0n) is 13.4. The highest BCUT2D eigenvalue weighted by Crippen LogP contribution is 2.21. The van der Waals surface area contributed by atoms with Crippen LogP contribution in [0.1, 0.15) is 44.9 Å². The molecule has 1 saturated heterocycles. The van der Waals surface area contributed by atoms with E-state index in [1.54, 1.807) is 0 Å². The quantitative estimate of drug-likeness (QED) is 0.704. The van der Waals surface area contributed by atoms with Crippen LogP contribution in [0, 0.1) is 0 Å². The number of carbonyl (C=O) groups excluding carboxylic acids is 1. The minimum Gasteiger partial charge on any atom is -0.356 e. The van der Waals surface area contributed by atoms with Crippen molar-refractivity contribution in [2.24, 2.45) is 0 Å². The monoisotopic (exact) mass is 313 g/mol. The fourth-order valence-corrected chi connectivity index (χ4v) is 4.26. The summed E-state index contributed by atoms with van der Waals surface area (Å²) >= 11 is 1.94. The molecule has 5 heteroatoms. The third-order valence-corrected chi connectivity index (χ3v) is 5.77. The molecule has 2 aliphatic rings. The number of nitrogens with zero attached hydrogens (tertiary/aromatic N) is 1. The van der Waals surface area contributed by atoms with Crippen molar-refractivity contribution in [1.82, 2.24) is 15.5 Å². The number of rotatable bonds is 7. The second kappa shape index (κ2) is 9.70. The molecule has 0 aromatic heterocycles. The maximum atomic E-state index is 11.9. The van der Waals surface area contributed by atoms with Crippen LogP contribution in [0.2, 0.25) is 0 Å². The van der Waals surface area contributed by atoms with Gasteiger partial charge < -0.3 is 15.5 Å². The van der Waals surface area contributed by atoms with Crippen molar-refractivity contribution >= 4 is 17.7 Å². The molecule has 0 radical (unpaired) electrons. The van der Waals surface area contributed by atoms with Crippen LogP contribution in [0.25, 0.3) is 0 Å². The first-order valence-electron chi connectivity index (χ1n) is 8.54. The van der Waals surface area contributed by atoms with Gasteiger partial charge in [-0.1, -0.05) is 19.3 Å². The predicted octanol–water partition coefficient (Wildman–Crippen LogP) is 1.85. The highest BCUT2D eigenvalue weighted by molar-refractivity contribution is 7.99. The molecule has 0 spiro atoms. The van der Waals surface area contributed by atoms with E-state index in [0.717, 1.165) is 37.8 Å². The van der Waals surface area contributed by atoms with Crippen molar-refractivity contribution in [3.63, 3.8) is 0 Å². The predicted molar refractivity (Wildman–Crippen MR) is 90.9 cm³/mol. The average molecular weight is 314 g/mol. The third kappa shape index (κ3) is 6.57. The standard InChI is InChI=1S/C16H31N3OS/c1-19(15-6-3-2-4-7-15)10-5-8-18-16(20)12-14-13-21-11-9-17-14/h14-15,17H,2-13H2,1H3,(H,18,20). The number of hydrogen-bond acceptors (Lipinski definition) is 4. The lowest BCUT2D eigenvalue weighted by Crippen LogP contribution is -2.41. The lowest BCUT2D eigenvalue weighted by Gasteiger charge is -2.31. The number of amides is 1. The molecule has 1 amide bonds. The summed E-state index contributed by atoms with van der Waals surface area (Å²) in [6.07, 6.45) is 8.59. The van der Waals surface area contributed by atoms with E-state index < -0.39 is 0 Å². The van der Waals surface area contributed by atoms with Gasteiger partial charge >= 0.3 is 0 Å². The van der Waals surface area contributed by atoms with Gasteiger partial charge in [0.25, 0.3) is 0 Å². The number of thioether (sulfide) groups is 1. The molecule has 0 aromatic rings. The van der Waals surface area contributed by atoms with Gasteiger partial charge in [0.15, 0.2) is 0 Å². The molecule has 4 nitrogen and oxygen atoms in total. The molecule has 2 rings (SSSR count). The Hall–Kier alpha value is -0.260. The van der Waals surface area contributed by atoms with E-state index in [1.165, 1.54) is 37.9 Å². The van der Waals surface area contributed by atoms with Crippen LogP contribution in [0.3, 0.4) is 0 Å². The molecule has 1 heterocycles. The Labute approximate surface area is 133 Å². The topological polar surface area (TPSA) is 44.4 Å². The van der Waals surface area contributed by atoms with Crippen molar-refractivity contribution in [1.29, 1.82) is 0 Å². The molecule has 21 heavy (non-hydrogen) atoms. The molecular weight excluding hydrogens is 282 g/mol. The van der Waals surface area contributed by atoms with Gasteiger partial charge in [0.2, 0.25) is 5.91 Å². The Morgan fingerprint density at radius 1 is 1.33 bits per heavy atom. The second-order valence-corrected chi connectivity index (χ2v) is 7.56. The zero-order valence-corrected chi connectivity index (χ0v) is 14.2. The summed E-state index contributed by atoms with van der Waals surface area (Å²) in [6.45, 7) is 2.95. The van der Waals surface area contributed by atoms with Crippen molar-refractivity contribution in [3.05, 3.63) is 0 Å². The lowest BCUT2D eigenvalue weighted by molar-refractivity contribution is -0.121. The van der Waals surface area contributed by atoms with Crippen molar-refractivity contribution < 1.29 is 4.79 Å². The van der Waals surface area contributed by atoms with E-state index >= 15 is 0 Å². The Kier molecular flexibility index (Phi) is 7.89. The van der Waals surface area contributed by atoms with E-state index in [9.17, 15) is 4.79 Å². The molecule has 1 aliphatic carbocycles. The van der Waals surface area contributed by atoms with E-state index in [2.05, 4.69) is 22.6 Å². The maximum absolute atomic E-state index is 11.9. The Morgan fingerprint density at radius 3 is 2.86 bits per heavy atom. The molecule has 1 saturated carbocycles. The fraction of sp³-hybridized carbons (Fsp3) is 0.938. The maximum Gasteiger partial charge on any atom is 0.221 e. The van der Waals surface area contributed by atoms with Crippen LogP contribution in [0.5, 0.6) is 0 Å². The Balaban J connectivity index is 1.51. The summed E-state index contributed by atoms with van der Waals surface area (Å²) in [6, 6.07) is 1.14. The second-order valence-electron chi connectivity index (χ2n) is 6.41. The van der Waals surface area contributed by atoms with E-state index in [4.69, 9.17) is 0 Å². The van der Waals surface area contributed by atoms with Gasteiger partial charge in [0.1, 0.15) is 0 Å². The zero-order chi connectivity index (χ0) is 14.9. The van der Waals surface area contributed by atoms with Crippen LogP contribution in [-0.2, 0) is 4.79 Å². The van der Waals surface area contributed by atoms with Gasteiger partial charge in [-0.2, -0.15) is 11.8 Å². The summed E-state index contributed by atoms with van der Waals surface area (Å²) in [5.41, 5.74) is 0. The van der Waals surface area contributed by atoms with Gasteiger partial charge in [-0.05, 0) is 32.9 Å². The van der Waals surface area contributed by atoms with Gasteiger partial charge in [-0.25, -0.2) is 0 Å². The fourth-order valence-electron chi connectivity index (χ4n) is 3.31. The number of nitrogens with one attached hydrogen (secondary N) is 2. The van der Waals surface area contributed by atoms with Crippen molar-refractivity contribution in [3.8, 4) is 0 Å². The summed E-state index contributed by atoms with van der Waals surface area (Å²) in [5.74, 6) is 2.44. The van der Waals surface area contributed by atoms with Gasteiger partial charge in [0, 0.05) is 43.1 Å². The molecule has 1 unspecified atom stereocenters. The highest BCUT2D eigenvalue weighted by Gasteiger charge is 2.18. The van der Waals surface area contributed by atoms with Crippen molar-refractivity contribution in [2.45, 2.75) is 57.0 Å². The van der Waals surface area contributed by atoms with E-state index in [-0.39, 0.29) is 5.91 Å². The number of carbonyl (C=O) groups is 1. The Morgan fingerprint density at radius 2 is 2.14 bits per heavy atom. The summed E-state index contributed by atoms with van der Waals surface area (Å²) in [7, 11) is 2.24. The van der Waals surface area contributed by atoms with Gasteiger partial charge in [-0.3, -0.25) is 4.79 Å². The minimum absolute atomic E-state index is 0.204. The molecule has 2 fully saturated rings. The van der Waals surface area contributed by atoms with Crippen LogP contribution in [0.4, 0.5) is 0 Å². The van der Waals surface area contributed by atoms with E-state index in [1.807, 2.05) is 11.8 Å². The molecule has 2 N–H and O–H groups in total. The summed E-state index contributed by atoms with van der Waals surface area (Å²) in [5, 5.41) is 6.49. The largest absolute Gasteiger partial charge is 0.356 e. The van der Waals surface area contributed by atoms with Gasteiger partial charge in [-0.15, -0.1) is 0 Å². The van der Waals surface area contributed by atoms with Crippen molar-refractivity contribution in [2.75, 3.05) is 38.2 Å². The summed E-state index contributed by atoms with van der Waals surface area (Å²) < 4.78 is 0. The number of hydrogen-bond donors (Lipinski definition) is 2. The SMILES string of the molecule is CN(CCCNC(=O)CC1CSCCN1)C1CCCCC1. The smallest absolute Gasteiger partial charge is 0.221 e. The molecular formula is C16H31N3OS. The van der Waals surface area contributed by atoms with Crippen LogP contribution in [-0.4, -0.2) is 61.1 Å². The molecule has 1 atom stereocenters. The molecule has 122 valence electrons. The van der Waals surface area contributed by atoms with Gasteiger partial charge in [0.05, 0.1) is 0 Å². The first kappa shape index (κ1) is 17.1.